The average molecular weight is 270 g/mol. The van der Waals surface area contributed by atoms with Crippen molar-refractivity contribution in [3.05, 3.63) is 52.7 Å². The van der Waals surface area contributed by atoms with Gasteiger partial charge in [-0.05, 0) is 30.3 Å². The van der Waals surface area contributed by atoms with Crippen molar-refractivity contribution in [3.8, 4) is 39.9 Å². The molecule has 0 saturated heterocycles. The van der Waals surface area contributed by atoms with Crippen molar-refractivity contribution in [3.63, 3.8) is 0 Å². The molecule has 5 nitrogen and oxygen atoms in total. The van der Waals surface area contributed by atoms with Crippen LogP contribution in [0.25, 0.3) is 22.6 Å². The van der Waals surface area contributed by atoms with Crippen LogP contribution in [0.5, 0.6) is 17.2 Å². The van der Waals surface area contributed by atoms with Crippen molar-refractivity contribution in [2.75, 3.05) is 0 Å². The van der Waals surface area contributed by atoms with E-state index in [2.05, 4.69) is 0 Å². The van der Waals surface area contributed by atoms with Gasteiger partial charge in [0.25, 0.3) is 0 Å². The van der Waals surface area contributed by atoms with Crippen LogP contribution < -0.4 is 5.43 Å². The van der Waals surface area contributed by atoms with Crippen LogP contribution in [0.4, 0.5) is 0 Å². The SMILES string of the molecule is O=c1cc2oc(-c3ccc(O)c(O)c3)ccc-2c(O)c1. The van der Waals surface area contributed by atoms with Crippen molar-refractivity contribution < 1.29 is 19.7 Å². The van der Waals surface area contributed by atoms with E-state index in [0.29, 0.717) is 16.9 Å². The number of benzene rings is 2. The molecule has 0 spiro atoms. The van der Waals surface area contributed by atoms with Gasteiger partial charge in [-0.2, -0.15) is 0 Å². The number of rotatable bonds is 1. The predicted octanol–water partition coefficient (Wildman–Crippen LogP) is 2.53. The average Bonchev–Trinajstić information content (AvgIpc) is 2.41. The zero-order valence-corrected chi connectivity index (χ0v) is 10.2. The van der Waals surface area contributed by atoms with Gasteiger partial charge in [0.05, 0.1) is 5.56 Å². The summed E-state index contributed by atoms with van der Waals surface area (Å²) in [6.07, 6.45) is 0. The van der Waals surface area contributed by atoms with Gasteiger partial charge in [-0.25, -0.2) is 0 Å². The minimum atomic E-state index is -0.357. The molecule has 1 aromatic carbocycles. The van der Waals surface area contributed by atoms with Crippen molar-refractivity contribution in [2.45, 2.75) is 0 Å². The largest absolute Gasteiger partial charge is 0.507 e. The summed E-state index contributed by atoms with van der Waals surface area (Å²) in [6, 6.07) is 9.88. The molecule has 0 fully saturated rings. The molecule has 0 bridgehead atoms. The third-order valence-electron chi connectivity index (χ3n) is 2.97. The Labute approximate surface area is 113 Å². The number of hydrogen-bond acceptors (Lipinski definition) is 5. The molecule has 0 atom stereocenters. The minimum absolute atomic E-state index is 0.142. The minimum Gasteiger partial charge on any atom is -0.507 e. The number of aromatic hydroxyl groups is 3. The molecule has 1 aromatic rings. The van der Waals surface area contributed by atoms with Gasteiger partial charge in [0.2, 0.25) is 0 Å². The van der Waals surface area contributed by atoms with E-state index in [4.69, 9.17) is 4.42 Å². The molecule has 0 amide bonds. The quantitative estimate of drug-likeness (QED) is 0.591. The van der Waals surface area contributed by atoms with Gasteiger partial charge in [-0.3, -0.25) is 4.79 Å². The zero-order valence-electron chi connectivity index (χ0n) is 10.2. The molecule has 0 saturated carbocycles. The van der Waals surface area contributed by atoms with E-state index in [0.717, 1.165) is 6.07 Å². The Morgan fingerprint density at radius 3 is 2.30 bits per heavy atom. The van der Waals surface area contributed by atoms with Gasteiger partial charge in [0, 0.05) is 17.7 Å². The summed E-state index contributed by atoms with van der Waals surface area (Å²) in [6.45, 7) is 0. The standard InChI is InChI=1S/C15H10O5/c16-9-6-12(18)10-2-4-14(20-15(10)7-9)8-1-3-11(17)13(19)5-8/h1-7,17-19H. The monoisotopic (exact) mass is 270 g/mol. The van der Waals surface area contributed by atoms with Gasteiger partial charge in [0.15, 0.2) is 16.9 Å². The molecule has 2 aliphatic rings. The molecule has 0 aromatic heterocycles. The van der Waals surface area contributed by atoms with Gasteiger partial charge >= 0.3 is 0 Å². The van der Waals surface area contributed by atoms with Crippen LogP contribution in [-0.2, 0) is 0 Å². The first-order chi connectivity index (χ1) is 9.54. The van der Waals surface area contributed by atoms with E-state index in [1.165, 1.54) is 18.2 Å². The fourth-order valence-corrected chi connectivity index (χ4v) is 1.98. The van der Waals surface area contributed by atoms with E-state index in [9.17, 15) is 20.1 Å². The Balaban J connectivity index is 2.20. The highest BCUT2D eigenvalue weighted by Crippen LogP contribution is 2.35. The second kappa shape index (κ2) is 4.31. The molecule has 3 N–H and O–H groups in total. The van der Waals surface area contributed by atoms with Crippen LogP contribution in [0.2, 0.25) is 0 Å². The molecule has 20 heavy (non-hydrogen) atoms. The lowest BCUT2D eigenvalue weighted by Gasteiger charge is -2.09. The predicted molar refractivity (Wildman–Crippen MR) is 72.0 cm³/mol. The van der Waals surface area contributed by atoms with Crippen LogP contribution in [0.15, 0.2) is 51.7 Å². The molecular weight excluding hydrogens is 260 g/mol. The molecule has 3 rings (SSSR count). The third kappa shape index (κ3) is 1.95. The number of fused-ring (bicyclic) bond motifs is 1. The Bertz CT molecular complexity index is 819. The summed E-state index contributed by atoms with van der Waals surface area (Å²) in [5, 5.41) is 28.4. The van der Waals surface area contributed by atoms with E-state index in [1.807, 2.05) is 0 Å². The molecule has 1 heterocycles. The molecule has 1 aliphatic carbocycles. The summed E-state index contributed by atoms with van der Waals surface area (Å²) in [4.78, 5) is 11.4. The topological polar surface area (TPSA) is 90.9 Å². The third-order valence-corrected chi connectivity index (χ3v) is 2.97. The second-order valence-corrected chi connectivity index (χ2v) is 4.36. The van der Waals surface area contributed by atoms with Gasteiger partial charge in [0.1, 0.15) is 17.3 Å². The molecular formula is C15H10O5. The van der Waals surface area contributed by atoms with Crippen molar-refractivity contribution in [2.24, 2.45) is 0 Å². The normalized spacial score (nSPS) is 10.8. The van der Waals surface area contributed by atoms with Gasteiger partial charge in [-0.1, -0.05) is 0 Å². The maximum atomic E-state index is 11.4. The molecule has 5 heteroatoms. The summed E-state index contributed by atoms with van der Waals surface area (Å²) < 4.78 is 5.55. The zero-order chi connectivity index (χ0) is 14.3. The summed E-state index contributed by atoms with van der Waals surface area (Å²) >= 11 is 0. The smallest absolute Gasteiger partial charge is 0.186 e. The van der Waals surface area contributed by atoms with Crippen molar-refractivity contribution >= 4 is 0 Å². The fourth-order valence-electron chi connectivity index (χ4n) is 1.98. The highest BCUT2D eigenvalue weighted by molar-refractivity contribution is 5.71. The Morgan fingerprint density at radius 2 is 1.55 bits per heavy atom. The highest BCUT2D eigenvalue weighted by atomic mass is 16.3. The van der Waals surface area contributed by atoms with Gasteiger partial charge in [-0.15, -0.1) is 0 Å². The first-order valence-electron chi connectivity index (χ1n) is 5.84. The fraction of sp³-hybridized carbons (Fsp3) is 0. The first-order valence-corrected chi connectivity index (χ1v) is 5.84. The van der Waals surface area contributed by atoms with Crippen LogP contribution in [0.3, 0.4) is 0 Å². The molecule has 1 aliphatic heterocycles. The van der Waals surface area contributed by atoms with Crippen LogP contribution in [-0.4, -0.2) is 15.3 Å². The lowest BCUT2D eigenvalue weighted by Crippen LogP contribution is -1.98. The first kappa shape index (κ1) is 12.1. The van der Waals surface area contributed by atoms with E-state index in [-0.39, 0.29) is 28.4 Å². The summed E-state index contributed by atoms with van der Waals surface area (Å²) in [7, 11) is 0. The highest BCUT2D eigenvalue weighted by Gasteiger charge is 2.13. The van der Waals surface area contributed by atoms with Gasteiger partial charge < -0.3 is 19.7 Å². The lowest BCUT2D eigenvalue weighted by atomic mass is 10.1. The molecule has 100 valence electrons. The van der Waals surface area contributed by atoms with E-state index < -0.39 is 0 Å². The van der Waals surface area contributed by atoms with Crippen LogP contribution in [0.1, 0.15) is 0 Å². The number of phenolic OH excluding ortho intramolecular Hbond substituents is 3. The van der Waals surface area contributed by atoms with Crippen LogP contribution in [0, 0.1) is 0 Å². The number of hydrogen-bond donors (Lipinski definition) is 3. The van der Waals surface area contributed by atoms with E-state index in [1.54, 1.807) is 18.2 Å². The molecule has 0 radical (unpaired) electrons. The van der Waals surface area contributed by atoms with E-state index >= 15 is 0 Å². The summed E-state index contributed by atoms with van der Waals surface area (Å²) in [5.41, 5.74) is 0.610. The Morgan fingerprint density at radius 1 is 0.750 bits per heavy atom. The molecule has 0 unspecified atom stereocenters. The van der Waals surface area contributed by atoms with Crippen molar-refractivity contribution in [1.82, 2.24) is 0 Å². The lowest BCUT2D eigenvalue weighted by molar-refractivity contribution is 0.404. The Kier molecular flexibility index (Phi) is 2.61. The maximum Gasteiger partial charge on any atom is 0.186 e. The Hall–Kier alpha value is -2.95. The maximum absolute atomic E-state index is 11.4. The number of phenols is 3. The second-order valence-electron chi connectivity index (χ2n) is 4.36. The summed E-state index contributed by atoms with van der Waals surface area (Å²) in [5.74, 6) is 0.0152. The van der Waals surface area contributed by atoms with Crippen molar-refractivity contribution in [1.29, 1.82) is 0 Å². The van der Waals surface area contributed by atoms with Crippen LogP contribution >= 0.6 is 0 Å².